The molecule has 0 aliphatic carbocycles. The Morgan fingerprint density at radius 1 is 1.25 bits per heavy atom. The van der Waals surface area contributed by atoms with Crippen LogP contribution in [-0.2, 0) is 17.8 Å². The highest BCUT2D eigenvalue weighted by molar-refractivity contribution is 6.30. The molecule has 0 spiro atoms. The van der Waals surface area contributed by atoms with Gasteiger partial charge in [0.15, 0.2) is 0 Å². The number of carbonyl (C=O) groups is 1. The first-order valence-electron chi connectivity index (χ1n) is 8.16. The fraction of sp³-hybridized carbons (Fsp3) is 0.278. The zero-order valence-corrected chi connectivity index (χ0v) is 14.9. The van der Waals surface area contributed by atoms with E-state index < -0.39 is 29.0 Å². The van der Waals surface area contributed by atoms with E-state index in [9.17, 15) is 33.2 Å². The second-order valence-corrected chi connectivity index (χ2v) is 6.90. The van der Waals surface area contributed by atoms with Crippen LogP contribution in [0, 0.1) is 16.0 Å². The van der Waals surface area contributed by atoms with Crippen molar-refractivity contribution in [3.05, 3.63) is 68.7 Å². The van der Waals surface area contributed by atoms with Crippen molar-refractivity contribution in [2.75, 3.05) is 4.90 Å². The van der Waals surface area contributed by atoms with Gasteiger partial charge in [0.25, 0.3) is 5.69 Å². The summed E-state index contributed by atoms with van der Waals surface area (Å²) in [6.07, 6.45) is -5.09. The summed E-state index contributed by atoms with van der Waals surface area (Å²) in [5, 5.41) is 20.5. The topological polar surface area (TPSA) is 83.7 Å². The van der Waals surface area contributed by atoms with Crippen LogP contribution in [0.15, 0.2) is 42.5 Å². The summed E-state index contributed by atoms with van der Waals surface area (Å²) in [5.74, 6) is -3.26. The highest BCUT2D eigenvalue weighted by Gasteiger charge is 2.53. The third kappa shape index (κ3) is 3.89. The van der Waals surface area contributed by atoms with Crippen LogP contribution in [-0.4, -0.2) is 28.2 Å². The van der Waals surface area contributed by atoms with E-state index in [2.05, 4.69) is 0 Å². The Bertz CT molecular complexity index is 918. The first-order chi connectivity index (χ1) is 13.1. The molecule has 1 N–H and O–H groups in total. The average molecular weight is 415 g/mol. The maximum Gasteiger partial charge on any atom is 0.409 e. The van der Waals surface area contributed by atoms with Crippen LogP contribution < -0.4 is 4.90 Å². The molecule has 10 heteroatoms. The van der Waals surface area contributed by atoms with Gasteiger partial charge in [0.05, 0.1) is 10.8 Å². The van der Waals surface area contributed by atoms with E-state index in [4.69, 9.17) is 11.6 Å². The Balaban J connectivity index is 2.07. The second kappa shape index (κ2) is 7.31. The number of nitro groups is 1. The molecule has 0 radical (unpaired) electrons. The third-order valence-electron chi connectivity index (χ3n) is 4.66. The van der Waals surface area contributed by atoms with Gasteiger partial charge < -0.3 is 10.0 Å². The number of halogens is 4. The number of carboxylic acid groups (broad SMARTS) is 1. The Labute approximate surface area is 162 Å². The number of nitro benzene ring substituents is 1. The van der Waals surface area contributed by atoms with Gasteiger partial charge in [-0.3, -0.25) is 14.9 Å². The number of benzene rings is 2. The molecule has 0 saturated carbocycles. The lowest BCUT2D eigenvalue weighted by atomic mass is 9.84. The molecule has 1 aliphatic heterocycles. The highest BCUT2D eigenvalue weighted by Crippen LogP contribution is 2.43. The molecular formula is C18H14ClF3N2O4. The number of fused-ring (bicyclic) bond motifs is 1. The second-order valence-electron chi connectivity index (χ2n) is 6.46. The predicted molar refractivity (Wildman–Crippen MR) is 95.4 cm³/mol. The van der Waals surface area contributed by atoms with Crippen LogP contribution in [0.4, 0.5) is 24.5 Å². The maximum absolute atomic E-state index is 13.8. The summed E-state index contributed by atoms with van der Waals surface area (Å²) < 4.78 is 41.5. The minimum absolute atomic E-state index is 0.189. The number of anilines is 1. The minimum Gasteiger partial charge on any atom is -0.481 e. The Morgan fingerprint density at radius 2 is 1.89 bits per heavy atom. The lowest BCUT2D eigenvalue weighted by Crippen LogP contribution is -2.55. The van der Waals surface area contributed by atoms with E-state index in [1.807, 2.05) is 0 Å². The molecule has 1 aliphatic rings. The standard InChI is InChI=1S/C18H14ClF3N2O4/c19-12-3-6-15-11(7-12)8-14(17(25)26)16(18(20,21)22)23(15)9-10-1-4-13(5-2-10)24(27)28/h1-7,14,16H,8-9H2,(H,25,26)/t14-,16+/m1/s1. The quantitative estimate of drug-likeness (QED) is 0.590. The van der Waals surface area contributed by atoms with E-state index in [1.54, 1.807) is 0 Å². The zero-order chi connectivity index (χ0) is 20.6. The van der Waals surface area contributed by atoms with Crippen LogP contribution in [0.1, 0.15) is 11.1 Å². The number of aliphatic carboxylic acids is 1. The summed E-state index contributed by atoms with van der Waals surface area (Å²) in [6.45, 7) is -0.263. The molecule has 2 aromatic rings. The van der Waals surface area contributed by atoms with Crippen molar-refractivity contribution in [3.63, 3.8) is 0 Å². The summed E-state index contributed by atoms with van der Waals surface area (Å²) in [5.41, 5.74) is 0.835. The lowest BCUT2D eigenvalue weighted by molar-refractivity contribution is -0.384. The number of hydrogen-bond donors (Lipinski definition) is 1. The van der Waals surface area contributed by atoms with Crippen LogP contribution in [0.5, 0.6) is 0 Å². The van der Waals surface area contributed by atoms with Crippen LogP contribution in [0.25, 0.3) is 0 Å². The molecule has 6 nitrogen and oxygen atoms in total. The van der Waals surface area contributed by atoms with Gasteiger partial charge in [-0.2, -0.15) is 13.2 Å². The summed E-state index contributed by atoms with van der Waals surface area (Å²) in [7, 11) is 0. The van der Waals surface area contributed by atoms with Crippen molar-refractivity contribution >= 4 is 28.9 Å². The molecule has 3 rings (SSSR count). The number of carboxylic acids is 1. The van der Waals surface area contributed by atoms with Crippen molar-refractivity contribution in [2.45, 2.75) is 25.2 Å². The first kappa shape index (κ1) is 19.9. The molecule has 0 saturated heterocycles. The van der Waals surface area contributed by atoms with Gasteiger partial charge in [-0.05, 0) is 35.7 Å². The average Bonchev–Trinajstić information content (AvgIpc) is 2.60. The van der Waals surface area contributed by atoms with Crippen molar-refractivity contribution in [2.24, 2.45) is 5.92 Å². The number of rotatable bonds is 4. The van der Waals surface area contributed by atoms with Gasteiger partial charge in [-0.15, -0.1) is 0 Å². The number of non-ortho nitro benzene ring substituents is 1. The van der Waals surface area contributed by atoms with E-state index in [1.165, 1.54) is 42.5 Å². The van der Waals surface area contributed by atoms with Crippen molar-refractivity contribution < 1.29 is 28.0 Å². The molecule has 28 heavy (non-hydrogen) atoms. The van der Waals surface area contributed by atoms with Gasteiger partial charge >= 0.3 is 12.1 Å². The van der Waals surface area contributed by atoms with Crippen LogP contribution in [0.3, 0.4) is 0 Å². The van der Waals surface area contributed by atoms with E-state index in [-0.39, 0.29) is 24.3 Å². The Kier molecular flexibility index (Phi) is 5.20. The van der Waals surface area contributed by atoms with Gasteiger partial charge in [0, 0.05) is 29.4 Å². The van der Waals surface area contributed by atoms with Gasteiger partial charge in [-0.25, -0.2) is 0 Å². The molecular weight excluding hydrogens is 401 g/mol. The summed E-state index contributed by atoms with van der Waals surface area (Å²) in [4.78, 5) is 22.7. The maximum atomic E-state index is 13.8. The SMILES string of the molecule is O=C(O)[C@@H]1Cc2cc(Cl)ccc2N(Cc2ccc([N+](=O)[O-])cc2)[C@@H]1C(F)(F)F. The molecule has 1 heterocycles. The zero-order valence-electron chi connectivity index (χ0n) is 14.2. The number of nitrogens with zero attached hydrogens (tertiary/aromatic N) is 2. The molecule has 0 fully saturated rings. The largest absolute Gasteiger partial charge is 0.481 e. The summed E-state index contributed by atoms with van der Waals surface area (Å²) >= 11 is 5.93. The van der Waals surface area contributed by atoms with Gasteiger partial charge in [-0.1, -0.05) is 23.7 Å². The van der Waals surface area contributed by atoms with E-state index in [0.717, 1.165) is 4.90 Å². The normalized spacial score (nSPS) is 19.2. The molecule has 2 aromatic carbocycles. The van der Waals surface area contributed by atoms with E-state index in [0.29, 0.717) is 16.1 Å². The van der Waals surface area contributed by atoms with Crippen LogP contribution >= 0.6 is 11.6 Å². The number of alkyl halides is 3. The predicted octanol–water partition coefficient (Wildman–Crippen LogP) is 4.44. The highest BCUT2D eigenvalue weighted by atomic mass is 35.5. The smallest absolute Gasteiger partial charge is 0.409 e. The Hall–Kier alpha value is -2.81. The first-order valence-corrected chi connectivity index (χ1v) is 8.53. The monoisotopic (exact) mass is 414 g/mol. The minimum atomic E-state index is -4.79. The van der Waals surface area contributed by atoms with Gasteiger partial charge in [0.1, 0.15) is 6.04 Å². The van der Waals surface area contributed by atoms with Crippen molar-refractivity contribution in [3.8, 4) is 0 Å². The van der Waals surface area contributed by atoms with E-state index >= 15 is 0 Å². The molecule has 0 aromatic heterocycles. The fourth-order valence-corrected chi connectivity index (χ4v) is 3.64. The fourth-order valence-electron chi connectivity index (χ4n) is 3.44. The lowest BCUT2D eigenvalue weighted by Gasteiger charge is -2.43. The molecule has 0 amide bonds. The van der Waals surface area contributed by atoms with Gasteiger partial charge in [0.2, 0.25) is 0 Å². The Morgan fingerprint density at radius 3 is 2.43 bits per heavy atom. The molecule has 2 atom stereocenters. The van der Waals surface area contributed by atoms with Crippen molar-refractivity contribution in [1.29, 1.82) is 0 Å². The van der Waals surface area contributed by atoms with Crippen LogP contribution in [0.2, 0.25) is 5.02 Å². The number of hydrogen-bond acceptors (Lipinski definition) is 4. The molecule has 0 bridgehead atoms. The van der Waals surface area contributed by atoms with Crippen molar-refractivity contribution in [1.82, 2.24) is 0 Å². The molecule has 0 unspecified atom stereocenters. The summed E-state index contributed by atoms with van der Waals surface area (Å²) in [6, 6.07) is 7.18. The third-order valence-corrected chi connectivity index (χ3v) is 4.90. The molecule has 148 valence electrons.